The minimum Gasteiger partial charge on any atom is -0.398 e. The zero-order valence-electron chi connectivity index (χ0n) is 9.87. The van der Waals surface area contributed by atoms with Gasteiger partial charge in [0.25, 0.3) is 0 Å². The van der Waals surface area contributed by atoms with Gasteiger partial charge in [-0.2, -0.15) is 5.26 Å². The van der Waals surface area contributed by atoms with E-state index in [1.54, 1.807) is 24.3 Å². The van der Waals surface area contributed by atoms with E-state index in [0.29, 0.717) is 11.3 Å². The summed E-state index contributed by atoms with van der Waals surface area (Å²) in [5.74, 6) is -0.270. The fourth-order valence-corrected chi connectivity index (χ4v) is 1.65. The molecule has 0 bridgehead atoms. The lowest BCUT2D eigenvalue weighted by molar-refractivity contribution is 0.627. The fourth-order valence-electron chi connectivity index (χ4n) is 1.65. The van der Waals surface area contributed by atoms with Crippen LogP contribution in [0.2, 0.25) is 0 Å². The number of nitrogens with zero attached hydrogens (tertiary/aromatic N) is 1. The van der Waals surface area contributed by atoms with Gasteiger partial charge in [0.2, 0.25) is 0 Å². The summed E-state index contributed by atoms with van der Waals surface area (Å²) >= 11 is 0. The number of nitrogens with one attached hydrogen (secondary N) is 1. The van der Waals surface area contributed by atoms with Gasteiger partial charge in [-0.25, -0.2) is 4.39 Å². The highest BCUT2D eigenvalue weighted by atomic mass is 19.1. The van der Waals surface area contributed by atoms with Gasteiger partial charge in [-0.15, -0.1) is 0 Å². The van der Waals surface area contributed by atoms with E-state index < -0.39 is 0 Å². The summed E-state index contributed by atoms with van der Waals surface area (Å²) in [6.45, 7) is 1.81. The van der Waals surface area contributed by atoms with E-state index >= 15 is 0 Å². The third kappa shape index (κ3) is 2.41. The molecular weight excluding hydrogens is 229 g/mol. The van der Waals surface area contributed by atoms with Crippen molar-refractivity contribution < 1.29 is 4.39 Å². The Morgan fingerprint density at radius 3 is 2.67 bits per heavy atom. The van der Waals surface area contributed by atoms with Crippen molar-refractivity contribution in [1.82, 2.24) is 0 Å². The van der Waals surface area contributed by atoms with Crippen molar-refractivity contribution in [2.75, 3.05) is 11.1 Å². The zero-order chi connectivity index (χ0) is 13.1. The molecule has 3 nitrogen and oxygen atoms in total. The highest BCUT2D eigenvalue weighted by Gasteiger charge is 2.03. The van der Waals surface area contributed by atoms with Crippen LogP contribution < -0.4 is 11.1 Å². The molecule has 0 heterocycles. The summed E-state index contributed by atoms with van der Waals surface area (Å²) in [5, 5.41) is 12.0. The van der Waals surface area contributed by atoms with Crippen molar-refractivity contribution in [3.05, 3.63) is 53.3 Å². The van der Waals surface area contributed by atoms with Crippen LogP contribution in [0.5, 0.6) is 0 Å². The highest BCUT2D eigenvalue weighted by molar-refractivity contribution is 5.68. The molecule has 90 valence electrons. The summed E-state index contributed by atoms with van der Waals surface area (Å²) in [4.78, 5) is 0. The highest BCUT2D eigenvalue weighted by Crippen LogP contribution is 2.23. The van der Waals surface area contributed by atoms with E-state index in [2.05, 4.69) is 5.32 Å². The van der Waals surface area contributed by atoms with Crippen LogP contribution in [0.4, 0.5) is 21.5 Å². The van der Waals surface area contributed by atoms with Crippen molar-refractivity contribution in [3.63, 3.8) is 0 Å². The van der Waals surface area contributed by atoms with Gasteiger partial charge in [0.05, 0.1) is 5.56 Å². The molecule has 0 saturated carbocycles. The average Bonchev–Trinajstić information content (AvgIpc) is 2.35. The maximum absolute atomic E-state index is 13.0. The average molecular weight is 241 g/mol. The number of aryl methyl sites for hydroxylation is 1. The molecule has 2 rings (SSSR count). The lowest BCUT2D eigenvalue weighted by atomic mass is 10.1. The topological polar surface area (TPSA) is 61.8 Å². The van der Waals surface area contributed by atoms with Crippen LogP contribution in [-0.2, 0) is 0 Å². The summed E-state index contributed by atoms with van der Waals surface area (Å²) in [7, 11) is 0. The molecule has 0 fully saturated rings. The van der Waals surface area contributed by atoms with Crippen molar-refractivity contribution in [2.45, 2.75) is 6.92 Å². The molecule has 4 heteroatoms. The first-order chi connectivity index (χ1) is 8.60. The Morgan fingerprint density at radius 1 is 1.22 bits per heavy atom. The molecule has 0 radical (unpaired) electrons. The molecular formula is C14H12FN3. The number of nitriles is 1. The van der Waals surface area contributed by atoms with Crippen LogP contribution in [0, 0.1) is 24.1 Å². The van der Waals surface area contributed by atoms with Gasteiger partial charge in [-0.05, 0) is 48.9 Å². The lowest BCUT2D eigenvalue weighted by Crippen LogP contribution is -1.96. The molecule has 18 heavy (non-hydrogen) atoms. The Morgan fingerprint density at radius 2 is 2.00 bits per heavy atom. The molecule has 0 amide bonds. The van der Waals surface area contributed by atoms with Crippen LogP contribution in [-0.4, -0.2) is 0 Å². The number of rotatable bonds is 2. The zero-order valence-corrected chi connectivity index (χ0v) is 9.87. The normalized spacial score (nSPS) is 9.83. The van der Waals surface area contributed by atoms with Gasteiger partial charge in [0, 0.05) is 17.1 Å². The molecule has 0 atom stereocenters. The Hall–Kier alpha value is -2.54. The first-order valence-electron chi connectivity index (χ1n) is 5.43. The van der Waals surface area contributed by atoms with Gasteiger partial charge >= 0.3 is 0 Å². The smallest absolute Gasteiger partial charge is 0.123 e. The Labute approximate surface area is 105 Å². The first-order valence-corrected chi connectivity index (χ1v) is 5.43. The molecule has 0 aliphatic rings. The summed E-state index contributed by atoms with van der Waals surface area (Å²) in [6.07, 6.45) is 0. The third-order valence-electron chi connectivity index (χ3n) is 2.64. The molecule has 0 unspecified atom stereocenters. The minimum absolute atomic E-state index is 0.270. The second kappa shape index (κ2) is 4.76. The monoisotopic (exact) mass is 241 g/mol. The molecule has 0 aromatic heterocycles. The summed E-state index contributed by atoms with van der Waals surface area (Å²) in [5.41, 5.74) is 8.84. The maximum Gasteiger partial charge on any atom is 0.123 e. The van der Waals surface area contributed by atoms with Crippen LogP contribution in [0.25, 0.3) is 0 Å². The van der Waals surface area contributed by atoms with Crippen molar-refractivity contribution in [2.24, 2.45) is 0 Å². The number of nitrogen functional groups attached to an aromatic ring is 1. The second-order valence-electron chi connectivity index (χ2n) is 4.00. The standard InChI is InChI=1S/C14H12FN3/c1-9-6-11(15)2-5-14(9)18-12-3-4-13(17)10(7-12)8-16/h2-7,18H,17H2,1H3. The molecule has 0 spiro atoms. The van der Waals surface area contributed by atoms with Crippen molar-refractivity contribution >= 4 is 17.1 Å². The SMILES string of the molecule is Cc1cc(F)ccc1Nc1ccc(N)c(C#N)c1. The van der Waals surface area contributed by atoms with Gasteiger partial charge < -0.3 is 11.1 Å². The van der Waals surface area contributed by atoms with Gasteiger partial charge in [-0.3, -0.25) is 0 Å². The second-order valence-corrected chi connectivity index (χ2v) is 4.00. The predicted molar refractivity (Wildman–Crippen MR) is 70.0 cm³/mol. The third-order valence-corrected chi connectivity index (χ3v) is 2.64. The Kier molecular flexibility index (Phi) is 3.16. The Bertz CT molecular complexity index is 629. The van der Waals surface area contributed by atoms with Crippen LogP contribution in [0.1, 0.15) is 11.1 Å². The minimum atomic E-state index is -0.270. The maximum atomic E-state index is 13.0. The predicted octanol–water partition coefficient (Wildman–Crippen LogP) is 3.33. The lowest BCUT2D eigenvalue weighted by Gasteiger charge is -2.10. The van der Waals surface area contributed by atoms with E-state index in [1.807, 2.05) is 13.0 Å². The van der Waals surface area contributed by atoms with Crippen LogP contribution >= 0.6 is 0 Å². The number of hydrogen-bond acceptors (Lipinski definition) is 3. The van der Waals surface area contributed by atoms with Crippen LogP contribution in [0.15, 0.2) is 36.4 Å². The number of nitrogens with two attached hydrogens (primary N) is 1. The van der Waals surface area contributed by atoms with Gasteiger partial charge in [-0.1, -0.05) is 0 Å². The molecule has 3 N–H and O–H groups in total. The molecule has 0 aliphatic carbocycles. The quantitative estimate of drug-likeness (QED) is 0.793. The van der Waals surface area contributed by atoms with E-state index in [9.17, 15) is 4.39 Å². The van der Waals surface area contributed by atoms with E-state index in [0.717, 1.165) is 16.9 Å². The van der Waals surface area contributed by atoms with Crippen LogP contribution in [0.3, 0.4) is 0 Å². The fraction of sp³-hybridized carbons (Fsp3) is 0.0714. The molecule has 2 aromatic carbocycles. The number of anilines is 3. The van der Waals surface area contributed by atoms with E-state index in [1.165, 1.54) is 12.1 Å². The van der Waals surface area contributed by atoms with Crippen molar-refractivity contribution in [1.29, 1.82) is 5.26 Å². The number of benzene rings is 2. The van der Waals surface area contributed by atoms with Crippen molar-refractivity contribution in [3.8, 4) is 6.07 Å². The summed E-state index contributed by atoms with van der Waals surface area (Å²) < 4.78 is 13.0. The van der Waals surface area contributed by atoms with E-state index in [-0.39, 0.29) is 5.82 Å². The van der Waals surface area contributed by atoms with Gasteiger partial charge in [0.1, 0.15) is 11.9 Å². The number of hydrogen-bond donors (Lipinski definition) is 2. The molecule has 0 aliphatic heterocycles. The summed E-state index contributed by atoms with van der Waals surface area (Å²) in [6, 6.07) is 11.6. The largest absolute Gasteiger partial charge is 0.398 e. The number of halogens is 1. The van der Waals surface area contributed by atoms with E-state index in [4.69, 9.17) is 11.0 Å². The first kappa shape index (κ1) is 11.9. The van der Waals surface area contributed by atoms with Gasteiger partial charge in [0.15, 0.2) is 0 Å². The Balaban J connectivity index is 2.32. The molecule has 0 saturated heterocycles. The molecule has 2 aromatic rings.